The Morgan fingerprint density at radius 3 is 2.68 bits per heavy atom. The second-order valence-electron chi connectivity index (χ2n) is 4.35. The second-order valence-corrected chi connectivity index (χ2v) is 4.35. The molecule has 0 aliphatic heterocycles. The van der Waals surface area contributed by atoms with E-state index in [1.54, 1.807) is 18.2 Å². The minimum absolute atomic E-state index is 0.0974. The number of hydrogen-bond donors (Lipinski definition) is 1. The zero-order valence-corrected chi connectivity index (χ0v) is 10.7. The molecule has 2 N–H and O–H groups in total. The fourth-order valence-electron chi connectivity index (χ4n) is 1.98. The molecular formula is C14H16N2O3. The summed E-state index contributed by atoms with van der Waals surface area (Å²) in [6.07, 6.45) is 1.19. The smallest absolute Gasteiger partial charge is 0.272 e. The molecule has 2 aromatic rings. The molecule has 1 unspecified atom stereocenters. The van der Waals surface area contributed by atoms with Gasteiger partial charge in [0.1, 0.15) is 11.5 Å². The molecule has 5 heteroatoms. The maximum Gasteiger partial charge on any atom is 0.272 e. The second kappa shape index (κ2) is 5.67. The molecule has 100 valence electrons. The summed E-state index contributed by atoms with van der Waals surface area (Å²) >= 11 is 0. The molecule has 1 heterocycles. The van der Waals surface area contributed by atoms with Gasteiger partial charge in [0.05, 0.1) is 11.0 Å². The summed E-state index contributed by atoms with van der Waals surface area (Å²) in [6, 6.07) is 9.97. The molecule has 1 aromatic carbocycles. The van der Waals surface area contributed by atoms with Crippen molar-refractivity contribution >= 4 is 5.69 Å². The molecule has 0 saturated heterocycles. The van der Waals surface area contributed by atoms with Gasteiger partial charge < -0.3 is 10.2 Å². The van der Waals surface area contributed by atoms with Crippen LogP contribution < -0.4 is 5.73 Å². The van der Waals surface area contributed by atoms with Gasteiger partial charge in [-0.05, 0) is 12.1 Å². The van der Waals surface area contributed by atoms with Crippen molar-refractivity contribution < 1.29 is 9.34 Å². The van der Waals surface area contributed by atoms with Crippen LogP contribution in [0.5, 0.6) is 0 Å². The monoisotopic (exact) mass is 260 g/mol. The van der Waals surface area contributed by atoms with Crippen LogP contribution in [0.25, 0.3) is 0 Å². The van der Waals surface area contributed by atoms with E-state index in [1.807, 2.05) is 19.1 Å². The Bertz CT molecular complexity index is 578. The quantitative estimate of drug-likeness (QED) is 0.661. The van der Waals surface area contributed by atoms with Gasteiger partial charge in [-0.25, -0.2) is 0 Å². The number of para-hydroxylation sites is 1. The highest BCUT2D eigenvalue weighted by Gasteiger charge is 2.18. The number of furan rings is 1. The highest BCUT2D eigenvalue weighted by Crippen LogP contribution is 2.24. The zero-order valence-electron chi connectivity index (χ0n) is 10.7. The van der Waals surface area contributed by atoms with Gasteiger partial charge in [-0.3, -0.25) is 10.1 Å². The first-order chi connectivity index (χ1) is 9.11. The Labute approximate surface area is 111 Å². The first kappa shape index (κ1) is 13.3. The van der Waals surface area contributed by atoms with Gasteiger partial charge in [-0.2, -0.15) is 0 Å². The lowest BCUT2D eigenvalue weighted by Gasteiger charge is -2.09. The predicted molar refractivity (Wildman–Crippen MR) is 71.8 cm³/mol. The largest absolute Gasteiger partial charge is 0.464 e. The Morgan fingerprint density at radius 2 is 2.05 bits per heavy atom. The number of rotatable bonds is 5. The van der Waals surface area contributed by atoms with Crippen LogP contribution in [0.1, 0.15) is 30.0 Å². The van der Waals surface area contributed by atoms with Gasteiger partial charge in [0.2, 0.25) is 0 Å². The molecule has 19 heavy (non-hydrogen) atoms. The molecule has 0 saturated carbocycles. The van der Waals surface area contributed by atoms with E-state index < -0.39 is 0 Å². The van der Waals surface area contributed by atoms with Crippen molar-refractivity contribution in [1.82, 2.24) is 0 Å². The van der Waals surface area contributed by atoms with E-state index in [2.05, 4.69) is 0 Å². The van der Waals surface area contributed by atoms with Gasteiger partial charge in [-0.1, -0.05) is 25.1 Å². The van der Waals surface area contributed by atoms with Crippen LogP contribution in [-0.4, -0.2) is 4.92 Å². The van der Waals surface area contributed by atoms with Gasteiger partial charge >= 0.3 is 0 Å². The summed E-state index contributed by atoms with van der Waals surface area (Å²) in [4.78, 5) is 10.5. The van der Waals surface area contributed by atoms with Crippen LogP contribution in [0.15, 0.2) is 40.8 Å². The summed E-state index contributed by atoms with van der Waals surface area (Å²) in [5.41, 5.74) is 6.77. The van der Waals surface area contributed by atoms with Crippen LogP contribution in [0, 0.1) is 10.1 Å². The average Bonchev–Trinajstić information content (AvgIpc) is 2.88. The molecule has 1 atom stereocenters. The molecule has 2 rings (SSSR count). The summed E-state index contributed by atoms with van der Waals surface area (Å²) in [6.45, 7) is 2.00. The molecule has 0 spiro atoms. The van der Waals surface area contributed by atoms with Crippen LogP contribution in [-0.2, 0) is 12.8 Å². The highest BCUT2D eigenvalue weighted by molar-refractivity contribution is 5.40. The number of nitro groups is 1. The Hall–Kier alpha value is -2.14. The van der Waals surface area contributed by atoms with E-state index in [1.165, 1.54) is 6.07 Å². The highest BCUT2D eigenvalue weighted by atomic mass is 16.6. The normalized spacial score (nSPS) is 12.3. The van der Waals surface area contributed by atoms with Crippen LogP contribution in [0.4, 0.5) is 5.69 Å². The van der Waals surface area contributed by atoms with E-state index in [0.29, 0.717) is 17.7 Å². The first-order valence-corrected chi connectivity index (χ1v) is 6.18. The van der Waals surface area contributed by atoms with Crippen molar-refractivity contribution in [3.63, 3.8) is 0 Å². The zero-order chi connectivity index (χ0) is 13.8. The Morgan fingerprint density at radius 1 is 1.32 bits per heavy atom. The molecule has 5 nitrogen and oxygen atoms in total. The number of benzene rings is 1. The summed E-state index contributed by atoms with van der Waals surface area (Å²) in [5.74, 6) is 1.53. The number of hydrogen-bond acceptors (Lipinski definition) is 4. The average molecular weight is 260 g/mol. The molecular weight excluding hydrogens is 244 g/mol. The summed E-state index contributed by atoms with van der Waals surface area (Å²) in [7, 11) is 0. The maximum atomic E-state index is 10.9. The Kier molecular flexibility index (Phi) is 3.97. The number of nitrogens with zero attached hydrogens (tertiary/aromatic N) is 1. The maximum absolute atomic E-state index is 10.9. The van der Waals surface area contributed by atoms with Gasteiger partial charge in [0.25, 0.3) is 5.69 Å². The Balaban J connectivity index is 2.19. The van der Waals surface area contributed by atoms with Crippen molar-refractivity contribution in [2.45, 2.75) is 25.8 Å². The van der Waals surface area contributed by atoms with E-state index >= 15 is 0 Å². The lowest BCUT2D eigenvalue weighted by molar-refractivity contribution is -0.385. The van der Waals surface area contributed by atoms with Crippen molar-refractivity contribution in [3.05, 3.63) is 63.6 Å². The van der Waals surface area contributed by atoms with E-state index in [9.17, 15) is 10.1 Å². The minimum atomic E-state index is -0.387. The van der Waals surface area contributed by atoms with Crippen molar-refractivity contribution in [3.8, 4) is 0 Å². The third-order valence-corrected chi connectivity index (χ3v) is 3.02. The summed E-state index contributed by atoms with van der Waals surface area (Å²) < 4.78 is 5.57. The van der Waals surface area contributed by atoms with Crippen molar-refractivity contribution in [1.29, 1.82) is 0 Å². The minimum Gasteiger partial charge on any atom is -0.464 e. The molecule has 0 amide bonds. The molecule has 0 aliphatic carbocycles. The molecule has 1 aromatic heterocycles. The molecule has 0 fully saturated rings. The lowest BCUT2D eigenvalue weighted by atomic mass is 10.0. The SMILES string of the molecule is CCc1ccc(C(N)Cc2ccccc2[N+](=O)[O-])o1. The third-order valence-electron chi connectivity index (χ3n) is 3.02. The van der Waals surface area contributed by atoms with Crippen LogP contribution in [0.3, 0.4) is 0 Å². The van der Waals surface area contributed by atoms with Gasteiger partial charge in [-0.15, -0.1) is 0 Å². The number of nitro benzene ring substituents is 1. The first-order valence-electron chi connectivity index (χ1n) is 6.18. The van der Waals surface area contributed by atoms with E-state index in [0.717, 1.165) is 12.2 Å². The number of nitrogens with two attached hydrogens (primary N) is 1. The van der Waals surface area contributed by atoms with Gasteiger partial charge in [0, 0.05) is 24.5 Å². The predicted octanol–water partition coefficient (Wildman–Crippen LogP) is 2.99. The number of aryl methyl sites for hydroxylation is 1. The van der Waals surface area contributed by atoms with Crippen LogP contribution in [0.2, 0.25) is 0 Å². The standard InChI is InChI=1S/C14H16N2O3/c1-2-11-7-8-14(19-11)12(15)9-10-5-3-4-6-13(10)16(17)18/h3-8,12H,2,9,15H2,1H3. The van der Waals surface area contributed by atoms with E-state index in [4.69, 9.17) is 10.2 Å². The molecule has 0 bridgehead atoms. The third kappa shape index (κ3) is 3.00. The fourth-order valence-corrected chi connectivity index (χ4v) is 1.98. The fraction of sp³-hybridized carbons (Fsp3) is 0.286. The topological polar surface area (TPSA) is 82.3 Å². The van der Waals surface area contributed by atoms with Gasteiger partial charge in [0.15, 0.2) is 0 Å². The summed E-state index contributed by atoms with van der Waals surface area (Å²) in [5, 5.41) is 10.9. The van der Waals surface area contributed by atoms with Crippen LogP contribution >= 0.6 is 0 Å². The molecule has 0 radical (unpaired) electrons. The van der Waals surface area contributed by atoms with E-state index in [-0.39, 0.29) is 16.7 Å². The van der Waals surface area contributed by atoms with Crippen molar-refractivity contribution in [2.24, 2.45) is 5.73 Å². The molecule has 0 aliphatic rings. The lowest BCUT2D eigenvalue weighted by Crippen LogP contribution is -2.13. The van der Waals surface area contributed by atoms with Crippen molar-refractivity contribution in [2.75, 3.05) is 0 Å².